The molecule has 1 aromatic carbocycles. The number of nitrogens with one attached hydrogen (secondary N) is 1. The summed E-state index contributed by atoms with van der Waals surface area (Å²) in [6, 6.07) is 8.03. The molecule has 16 heavy (non-hydrogen) atoms. The average molecular weight is 220 g/mol. The third-order valence-electron chi connectivity index (χ3n) is 3.26. The zero-order valence-corrected chi connectivity index (χ0v) is 9.82. The molecule has 3 nitrogen and oxygen atoms in total. The molecule has 1 aromatic rings. The summed E-state index contributed by atoms with van der Waals surface area (Å²) in [5, 5.41) is 12.6. The third-order valence-corrected chi connectivity index (χ3v) is 3.26. The lowest BCUT2D eigenvalue weighted by molar-refractivity contribution is 0.242. The fraction of sp³-hybridized carbons (Fsp3) is 0.538. The molecule has 88 valence electrons. The number of nitrogens with zero attached hydrogens (tertiary/aromatic N) is 1. The van der Waals surface area contributed by atoms with Crippen LogP contribution in [-0.4, -0.2) is 36.7 Å². The molecule has 1 aliphatic rings. The summed E-state index contributed by atoms with van der Waals surface area (Å²) in [6.45, 7) is 3.34. The van der Waals surface area contributed by atoms with E-state index in [1.807, 2.05) is 19.2 Å². The van der Waals surface area contributed by atoms with Gasteiger partial charge in [0.05, 0.1) is 0 Å². The van der Waals surface area contributed by atoms with Gasteiger partial charge in [-0.3, -0.25) is 4.90 Å². The molecule has 0 aliphatic carbocycles. The average Bonchev–Trinajstić information content (AvgIpc) is 2.81. The number of likely N-dealkylation sites (N-methyl/N-ethyl adjacent to an activating group) is 1. The lowest BCUT2D eigenvalue weighted by Gasteiger charge is -2.27. The number of rotatable bonds is 4. The smallest absolute Gasteiger partial charge is 0.115 e. The van der Waals surface area contributed by atoms with E-state index in [0.29, 0.717) is 11.8 Å². The Bertz CT molecular complexity index is 317. The topological polar surface area (TPSA) is 35.5 Å². The summed E-state index contributed by atoms with van der Waals surface area (Å²) in [4.78, 5) is 2.52. The minimum absolute atomic E-state index is 0.341. The standard InChI is InChI=1S/C13H20N2O/c1-14-10-13(15-8-2-3-9-15)11-4-6-12(16)7-5-11/h4-7,13-14,16H,2-3,8-10H2,1H3. The van der Waals surface area contributed by atoms with E-state index < -0.39 is 0 Å². The normalized spacial score (nSPS) is 18.8. The number of benzene rings is 1. The van der Waals surface area contributed by atoms with Gasteiger partial charge >= 0.3 is 0 Å². The highest BCUT2D eigenvalue weighted by atomic mass is 16.3. The molecule has 0 aromatic heterocycles. The van der Waals surface area contributed by atoms with Crippen molar-refractivity contribution < 1.29 is 5.11 Å². The van der Waals surface area contributed by atoms with Gasteiger partial charge in [0.1, 0.15) is 5.75 Å². The van der Waals surface area contributed by atoms with Gasteiger partial charge in [-0.1, -0.05) is 12.1 Å². The van der Waals surface area contributed by atoms with E-state index in [9.17, 15) is 5.11 Å². The number of likely N-dealkylation sites (tertiary alicyclic amines) is 1. The van der Waals surface area contributed by atoms with Crippen molar-refractivity contribution >= 4 is 0 Å². The maximum absolute atomic E-state index is 9.30. The van der Waals surface area contributed by atoms with Gasteiger partial charge in [0.25, 0.3) is 0 Å². The van der Waals surface area contributed by atoms with Gasteiger partial charge in [0.2, 0.25) is 0 Å². The van der Waals surface area contributed by atoms with Crippen molar-refractivity contribution in [2.24, 2.45) is 0 Å². The minimum atomic E-state index is 0.341. The number of hydrogen-bond acceptors (Lipinski definition) is 3. The second kappa shape index (κ2) is 5.32. The van der Waals surface area contributed by atoms with Crippen LogP contribution in [0.15, 0.2) is 24.3 Å². The zero-order chi connectivity index (χ0) is 11.4. The molecule has 1 atom stereocenters. The van der Waals surface area contributed by atoms with Crippen molar-refractivity contribution in [3.05, 3.63) is 29.8 Å². The largest absolute Gasteiger partial charge is 0.508 e. The molecule has 1 fully saturated rings. The Kier molecular flexibility index (Phi) is 3.80. The molecule has 3 heteroatoms. The van der Waals surface area contributed by atoms with Crippen molar-refractivity contribution in [1.82, 2.24) is 10.2 Å². The maximum Gasteiger partial charge on any atom is 0.115 e. The fourth-order valence-corrected chi connectivity index (χ4v) is 2.40. The van der Waals surface area contributed by atoms with Crippen LogP contribution in [0.5, 0.6) is 5.75 Å². The first-order chi connectivity index (χ1) is 7.81. The van der Waals surface area contributed by atoms with E-state index in [2.05, 4.69) is 10.2 Å². The fourth-order valence-electron chi connectivity index (χ4n) is 2.40. The van der Waals surface area contributed by atoms with Gasteiger partial charge in [0, 0.05) is 12.6 Å². The van der Waals surface area contributed by atoms with E-state index in [1.54, 1.807) is 12.1 Å². The van der Waals surface area contributed by atoms with Crippen LogP contribution >= 0.6 is 0 Å². The molecule has 0 saturated carbocycles. The van der Waals surface area contributed by atoms with Crippen LogP contribution in [0.25, 0.3) is 0 Å². The van der Waals surface area contributed by atoms with E-state index in [0.717, 1.165) is 6.54 Å². The van der Waals surface area contributed by atoms with Crippen molar-refractivity contribution in [3.63, 3.8) is 0 Å². The van der Waals surface area contributed by atoms with E-state index in [1.165, 1.54) is 31.5 Å². The molecular weight excluding hydrogens is 200 g/mol. The first kappa shape index (κ1) is 11.4. The molecule has 2 rings (SSSR count). The molecule has 1 saturated heterocycles. The highest BCUT2D eigenvalue weighted by Crippen LogP contribution is 2.25. The molecule has 0 spiro atoms. The SMILES string of the molecule is CNCC(c1ccc(O)cc1)N1CCCC1. The predicted octanol–water partition coefficient (Wildman–Crippen LogP) is 1.75. The highest BCUT2D eigenvalue weighted by Gasteiger charge is 2.22. The van der Waals surface area contributed by atoms with Gasteiger partial charge in [-0.2, -0.15) is 0 Å². The van der Waals surface area contributed by atoms with E-state index in [4.69, 9.17) is 0 Å². The van der Waals surface area contributed by atoms with E-state index in [-0.39, 0.29) is 0 Å². The minimum Gasteiger partial charge on any atom is -0.508 e. The summed E-state index contributed by atoms with van der Waals surface area (Å²) in [5.41, 5.74) is 1.29. The van der Waals surface area contributed by atoms with Gasteiger partial charge in [-0.15, -0.1) is 0 Å². The Labute approximate surface area is 97.1 Å². The Morgan fingerprint density at radius 2 is 1.88 bits per heavy atom. The summed E-state index contributed by atoms with van der Waals surface area (Å²) < 4.78 is 0. The molecular formula is C13H20N2O. The number of aromatic hydroxyl groups is 1. The van der Waals surface area contributed by atoms with Gasteiger partial charge in [-0.25, -0.2) is 0 Å². The molecule has 0 radical (unpaired) electrons. The second-order valence-electron chi connectivity index (χ2n) is 4.41. The van der Waals surface area contributed by atoms with Crippen LogP contribution in [0.2, 0.25) is 0 Å². The van der Waals surface area contributed by atoms with Crippen molar-refractivity contribution in [1.29, 1.82) is 0 Å². The van der Waals surface area contributed by atoms with Crippen molar-refractivity contribution in [3.8, 4) is 5.75 Å². The monoisotopic (exact) mass is 220 g/mol. The lowest BCUT2D eigenvalue weighted by atomic mass is 10.1. The Hall–Kier alpha value is -1.06. The first-order valence-corrected chi connectivity index (χ1v) is 5.99. The summed E-state index contributed by atoms with van der Waals surface area (Å²) in [6.07, 6.45) is 2.61. The van der Waals surface area contributed by atoms with Crippen LogP contribution in [0, 0.1) is 0 Å². The predicted molar refractivity (Wildman–Crippen MR) is 65.6 cm³/mol. The molecule has 0 amide bonds. The molecule has 1 unspecified atom stereocenters. The van der Waals surface area contributed by atoms with Crippen molar-refractivity contribution in [2.45, 2.75) is 18.9 Å². The highest BCUT2D eigenvalue weighted by molar-refractivity contribution is 5.28. The number of phenolic OH excluding ortho intramolecular Hbond substituents is 1. The Balaban J connectivity index is 2.14. The number of hydrogen-bond donors (Lipinski definition) is 2. The molecule has 1 heterocycles. The first-order valence-electron chi connectivity index (χ1n) is 5.99. The van der Waals surface area contributed by atoms with Crippen LogP contribution in [0.3, 0.4) is 0 Å². The lowest BCUT2D eigenvalue weighted by Crippen LogP contribution is -2.32. The Morgan fingerprint density at radius 1 is 1.25 bits per heavy atom. The summed E-state index contributed by atoms with van der Waals surface area (Å²) in [7, 11) is 1.99. The summed E-state index contributed by atoms with van der Waals surface area (Å²) in [5.74, 6) is 0.341. The molecule has 0 bridgehead atoms. The van der Waals surface area contributed by atoms with E-state index >= 15 is 0 Å². The Morgan fingerprint density at radius 3 is 2.44 bits per heavy atom. The molecule has 2 N–H and O–H groups in total. The van der Waals surface area contributed by atoms with Gasteiger partial charge in [0.15, 0.2) is 0 Å². The maximum atomic E-state index is 9.30. The third kappa shape index (κ3) is 2.54. The van der Waals surface area contributed by atoms with Crippen LogP contribution in [0.1, 0.15) is 24.4 Å². The second-order valence-corrected chi connectivity index (χ2v) is 4.41. The van der Waals surface area contributed by atoms with Crippen LogP contribution in [0.4, 0.5) is 0 Å². The zero-order valence-electron chi connectivity index (χ0n) is 9.82. The van der Waals surface area contributed by atoms with Crippen molar-refractivity contribution in [2.75, 3.05) is 26.7 Å². The number of phenols is 1. The van der Waals surface area contributed by atoms with Crippen LogP contribution < -0.4 is 5.32 Å². The van der Waals surface area contributed by atoms with Crippen LogP contribution in [-0.2, 0) is 0 Å². The van der Waals surface area contributed by atoms with Gasteiger partial charge in [-0.05, 0) is 50.7 Å². The van der Waals surface area contributed by atoms with Gasteiger partial charge < -0.3 is 10.4 Å². The molecule has 1 aliphatic heterocycles. The quantitative estimate of drug-likeness (QED) is 0.811. The summed E-state index contributed by atoms with van der Waals surface area (Å²) >= 11 is 0.